The van der Waals surface area contributed by atoms with Crippen molar-refractivity contribution in [3.63, 3.8) is 0 Å². The van der Waals surface area contributed by atoms with Crippen LogP contribution in [0.4, 0.5) is 0 Å². The molecule has 1 aromatic rings. The average molecular weight is 247 g/mol. The molecule has 2 aliphatic heterocycles. The molecule has 0 amide bonds. The van der Waals surface area contributed by atoms with E-state index in [-0.39, 0.29) is 0 Å². The second-order valence-corrected chi connectivity index (χ2v) is 5.08. The number of rotatable bonds is 3. The van der Waals surface area contributed by atoms with E-state index < -0.39 is 0 Å². The normalized spacial score (nSPS) is 17.4. The van der Waals surface area contributed by atoms with Gasteiger partial charge >= 0.3 is 0 Å². The number of hydrogen-bond acceptors (Lipinski definition) is 3. The zero-order valence-corrected chi connectivity index (χ0v) is 11.1. The summed E-state index contributed by atoms with van der Waals surface area (Å²) >= 11 is 0. The lowest BCUT2D eigenvalue weighted by molar-refractivity contribution is 0.269. The van der Waals surface area contributed by atoms with Crippen molar-refractivity contribution < 1.29 is 9.47 Å². The topological polar surface area (TPSA) is 30.5 Å². The van der Waals surface area contributed by atoms with E-state index in [1.54, 1.807) is 0 Å². The van der Waals surface area contributed by atoms with Crippen LogP contribution in [-0.4, -0.2) is 26.8 Å². The van der Waals surface area contributed by atoms with Crippen LogP contribution in [0.3, 0.4) is 0 Å². The molecule has 3 rings (SSSR count). The highest BCUT2D eigenvalue weighted by Crippen LogP contribution is 2.39. The van der Waals surface area contributed by atoms with Gasteiger partial charge in [0.2, 0.25) is 0 Å². The van der Waals surface area contributed by atoms with Crippen molar-refractivity contribution in [2.75, 3.05) is 26.8 Å². The summed E-state index contributed by atoms with van der Waals surface area (Å²) < 4.78 is 11.8. The van der Waals surface area contributed by atoms with E-state index in [0.29, 0.717) is 0 Å². The van der Waals surface area contributed by atoms with E-state index in [4.69, 9.17) is 9.47 Å². The SMILES string of the molecule is CNCCc1c2c(cc3c1OCCC3)OCCC2. The van der Waals surface area contributed by atoms with Crippen molar-refractivity contribution in [2.24, 2.45) is 0 Å². The van der Waals surface area contributed by atoms with Gasteiger partial charge in [0.25, 0.3) is 0 Å². The Morgan fingerprint density at radius 1 is 1.17 bits per heavy atom. The summed E-state index contributed by atoms with van der Waals surface area (Å²) in [5.41, 5.74) is 4.11. The van der Waals surface area contributed by atoms with Crippen molar-refractivity contribution in [1.82, 2.24) is 5.32 Å². The van der Waals surface area contributed by atoms with Crippen LogP contribution in [0.25, 0.3) is 0 Å². The van der Waals surface area contributed by atoms with E-state index in [2.05, 4.69) is 11.4 Å². The number of hydrogen-bond donors (Lipinski definition) is 1. The second kappa shape index (κ2) is 5.19. The first-order valence-electron chi connectivity index (χ1n) is 6.98. The van der Waals surface area contributed by atoms with Gasteiger partial charge in [0, 0.05) is 11.1 Å². The summed E-state index contributed by atoms with van der Waals surface area (Å²) in [4.78, 5) is 0. The minimum atomic E-state index is 0.859. The Morgan fingerprint density at radius 3 is 2.89 bits per heavy atom. The maximum absolute atomic E-state index is 5.93. The van der Waals surface area contributed by atoms with Gasteiger partial charge in [0.05, 0.1) is 13.2 Å². The molecule has 0 bridgehead atoms. The zero-order chi connectivity index (χ0) is 12.4. The van der Waals surface area contributed by atoms with Crippen LogP contribution in [0.1, 0.15) is 29.5 Å². The lowest BCUT2D eigenvalue weighted by Gasteiger charge is -2.27. The summed E-state index contributed by atoms with van der Waals surface area (Å²) in [6.45, 7) is 2.71. The molecule has 0 spiro atoms. The molecule has 0 aromatic heterocycles. The lowest BCUT2D eigenvalue weighted by atomic mass is 9.91. The number of benzene rings is 1. The Balaban J connectivity index is 2.05. The first-order chi connectivity index (χ1) is 8.90. The molecule has 0 saturated heterocycles. The number of fused-ring (bicyclic) bond motifs is 2. The highest BCUT2D eigenvalue weighted by Gasteiger charge is 2.23. The molecule has 0 radical (unpaired) electrons. The Bertz CT molecular complexity index is 408. The summed E-state index contributed by atoms with van der Waals surface area (Å²) in [5.74, 6) is 2.26. The van der Waals surface area contributed by atoms with Crippen LogP contribution in [0.5, 0.6) is 11.5 Å². The number of aryl methyl sites for hydroxylation is 1. The quantitative estimate of drug-likeness (QED) is 0.887. The summed E-state index contributed by atoms with van der Waals surface area (Å²) in [5, 5.41) is 3.23. The van der Waals surface area contributed by atoms with E-state index in [1.165, 1.54) is 16.7 Å². The number of nitrogens with one attached hydrogen (secondary N) is 1. The molecular weight excluding hydrogens is 226 g/mol. The van der Waals surface area contributed by atoms with Crippen LogP contribution < -0.4 is 14.8 Å². The molecule has 2 heterocycles. The van der Waals surface area contributed by atoms with Crippen molar-refractivity contribution in [3.8, 4) is 11.5 Å². The van der Waals surface area contributed by atoms with Gasteiger partial charge in [-0.1, -0.05) is 0 Å². The van der Waals surface area contributed by atoms with Crippen LogP contribution in [0, 0.1) is 0 Å². The maximum atomic E-state index is 5.93. The molecule has 1 aromatic carbocycles. The molecule has 0 saturated carbocycles. The molecule has 0 fully saturated rings. The number of ether oxygens (including phenoxy) is 2. The van der Waals surface area contributed by atoms with Gasteiger partial charge in [-0.2, -0.15) is 0 Å². The van der Waals surface area contributed by atoms with Gasteiger partial charge in [-0.15, -0.1) is 0 Å². The monoisotopic (exact) mass is 247 g/mol. The molecule has 0 unspecified atom stereocenters. The van der Waals surface area contributed by atoms with Crippen LogP contribution in [0.2, 0.25) is 0 Å². The highest BCUT2D eigenvalue weighted by atomic mass is 16.5. The molecule has 3 nitrogen and oxygen atoms in total. The smallest absolute Gasteiger partial charge is 0.126 e. The molecule has 2 aliphatic rings. The van der Waals surface area contributed by atoms with E-state index in [9.17, 15) is 0 Å². The molecule has 0 atom stereocenters. The summed E-state index contributed by atoms with van der Waals surface area (Å²) in [6, 6.07) is 2.21. The predicted octanol–water partition coefficient (Wildman–Crippen LogP) is 2.10. The van der Waals surface area contributed by atoms with Gasteiger partial charge in [0.15, 0.2) is 0 Å². The highest BCUT2D eigenvalue weighted by molar-refractivity contribution is 5.55. The fourth-order valence-electron chi connectivity index (χ4n) is 2.94. The Hall–Kier alpha value is -1.22. The number of likely N-dealkylation sites (N-methyl/N-ethyl adjacent to an activating group) is 1. The summed E-state index contributed by atoms with van der Waals surface area (Å²) in [6.07, 6.45) is 5.53. The third-order valence-electron chi connectivity index (χ3n) is 3.82. The van der Waals surface area contributed by atoms with Gasteiger partial charge in [-0.05, 0) is 57.3 Å². The first kappa shape index (κ1) is 11.8. The minimum absolute atomic E-state index is 0.859. The predicted molar refractivity (Wildman–Crippen MR) is 71.7 cm³/mol. The van der Waals surface area contributed by atoms with Gasteiger partial charge < -0.3 is 14.8 Å². The van der Waals surface area contributed by atoms with E-state index >= 15 is 0 Å². The minimum Gasteiger partial charge on any atom is -0.493 e. The van der Waals surface area contributed by atoms with Crippen molar-refractivity contribution in [3.05, 3.63) is 22.8 Å². The Labute approximate surface area is 108 Å². The maximum Gasteiger partial charge on any atom is 0.126 e. The molecule has 98 valence electrons. The van der Waals surface area contributed by atoms with Crippen molar-refractivity contribution in [1.29, 1.82) is 0 Å². The fourth-order valence-corrected chi connectivity index (χ4v) is 2.94. The van der Waals surface area contributed by atoms with Gasteiger partial charge in [-0.25, -0.2) is 0 Å². The standard InChI is InChI=1S/C15H21NO2/c1-16-7-6-13-12-5-3-8-17-14(12)10-11-4-2-9-18-15(11)13/h10,16H,2-9H2,1H3. The van der Waals surface area contributed by atoms with Crippen molar-refractivity contribution >= 4 is 0 Å². The third-order valence-corrected chi connectivity index (χ3v) is 3.82. The molecular formula is C15H21NO2. The molecule has 1 N–H and O–H groups in total. The second-order valence-electron chi connectivity index (χ2n) is 5.08. The van der Waals surface area contributed by atoms with Crippen LogP contribution >= 0.6 is 0 Å². The first-order valence-corrected chi connectivity index (χ1v) is 6.98. The Morgan fingerprint density at radius 2 is 2.00 bits per heavy atom. The van der Waals surface area contributed by atoms with E-state index in [0.717, 1.165) is 63.4 Å². The molecule has 0 aliphatic carbocycles. The van der Waals surface area contributed by atoms with Crippen LogP contribution in [0.15, 0.2) is 6.07 Å². The largest absolute Gasteiger partial charge is 0.493 e. The lowest BCUT2D eigenvalue weighted by Crippen LogP contribution is -2.19. The summed E-state index contributed by atoms with van der Waals surface area (Å²) in [7, 11) is 2.00. The Kier molecular flexibility index (Phi) is 3.41. The van der Waals surface area contributed by atoms with Crippen LogP contribution in [-0.2, 0) is 19.3 Å². The molecule has 3 heteroatoms. The fraction of sp³-hybridized carbons (Fsp3) is 0.600. The van der Waals surface area contributed by atoms with Gasteiger partial charge in [0.1, 0.15) is 11.5 Å². The van der Waals surface area contributed by atoms with E-state index in [1.807, 2.05) is 7.05 Å². The zero-order valence-electron chi connectivity index (χ0n) is 11.1. The average Bonchev–Trinajstić information content (AvgIpc) is 2.43. The molecule has 18 heavy (non-hydrogen) atoms. The van der Waals surface area contributed by atoms with Crippen molar-refractivity contribution in [2.45, 2.75) is 32.1 Å². The third kappa shape index (κ3) is 2.07. The van der Waals surface area contributed by atoms with Gasteiger partial charge in [-0.3, -0.25) is 0 Å².